The van der Waals surface area contributed by atoms with E-state index in [1.165, 1.54) is 56.3 Å². The summed E-state index contributed by atoms with van der Waals surface area (Å²) in [6.45, 7) is 9.47. The topological polar surface area (TPSA) is 15.3 Å². The molecule has 1 saturated carbocycles. The quantitative estimate of drug-likeness (QED) is 0.633. The van der Waals surface area contributed by atoms with Crippen LogP contribution in [0.15, 0.2) is 23.9 Å². The Hall–Kier alpha value is -0.830. The minimum Gasteiger partial charge on any atom is -0.384 e. The average molecular weight is 308 g/mol. The largest absolute Gasteiger partial charge is 0.384 e. The van der Waals surface area contributed by atoms with Crippen molar-refractivity contribution in [2.24, 2.45) is 5.92 Å². The number of alkyl halides is 1. The lowest BCUT2D eigenvalue weighted by atomic mass is 9.87. The van der Waals surface area contributed by atoms with Gasteiger partial charge >= 0.3 is 0 Å². The van der Waals surface area contributed by atoms with E-state index in [1.807, 2.05) is 6.08 Å². The highest BCUT2D eigenvalue weighted by Gasteiger charge is 2.23. The molecule has 0 aromatic carbocycles. The molecular weight excluding hydrogens is 275 g/mol. The number of hydrogen-bond acceptors (Lipinski definition) is 2. The molecule has 0 bridgehead atoms. The second kappa shape index (κ2) is 9.34. The van der Waals surface area contributed by atoms with E-state index in [1.54, 1.807) is 6.92 Å². The van der Waals surface area contributed by atoms with Crippen LogP contribution in [-0.2, 0) is 0 Å². The van der Waals surface area contributed by atoms with Crippen molar-refractivity contribution in [3.8, 4) is 0 Å². The third-order valence-corrected chi connectivity index (χ3v) is 5.10. The molecule has 1 N–H and O–H groups in total. The molecule has 22 heavy (non-hydrogen) atoms. The summed E-state index contributed by atoms with van der Waals surface area (Å²) < 4.78 is 13.1. The molecule has 2 nitrogen and oxygen atoms in total. The van der Waals surface area contributed by atoms with Gasteiger partial charge in [0.2, 0.25) is 0 Å². The smallest absolute Gasteiger partial charge is 0.0976 e. The van der Waals surface area contributed by atoms with Gasteiger partial charge in [0.1, 0.15) is 0 Å². The first-order chi connectivity index (χ1) is 10.7. The molecule has 0 saturated heterocycles. The van der Waals surface area contributed by atoms with Crippen LogP contribution >= 0.6 is 0 Å². The van der Waals surface area contributed by atoms with Crippen LogP contribution in [0.5, 0.6) is 0 Å². The Bertz CT molecular complexity index is 370. The summed E-state index contributed by atoms with van der Waals surface area (Å²) in [5.74, 6) is 0.938. The van der Waals surface area contributed by atoms with Gasteiger partial charge < -0.3 is 5.32 Å². The third-order valence-electron chi connectivity index (χ3n) is 5.10. The molecule has 1 aliphatic heterocycles. The number of nitrogens with zero attached hydrogens (tertiary/aromatic N) is 1. The number of nitrogens with one attached hydrogen (secondary N) is 1. The molecule has 0 amide bonds. The van der Waals surface area contributed by atoms with E-state index in [2.05, 4.69) is 16.8 Å². The zero-order chi connectivity index (χ0) is 15.8. The van der Waals surface area contributed by atoms with Crippen molar-refractivity contribution in [1.82, 2.24) is 10.2 Å². The Balaban J connectivity index is 1.79. The molecule has 1 fully saturated rings. The third kappa shape index (κ3) is 5.75. The summed E-state index contributed by atoms with van der Waals surface area (Å²) >= 11 is 0. The minimum absolute atomic E-state index is 0.644. The Morgan fingerprint density at radius 2 is 2.09 bits per heavy atom. The molecule has 126 valence electrons. The molecule has 1 aliphatic carbocycles. The van der Waals surface area contributed by atoms with Gasteiger partial charge in [-0.15, -0.1) is 6.58 Å². The van der Waals surface area contributed by atoms with E-state index in [-0.39, 0.29) is 0 Å². The van der Waals surface area contributed by atoms with Gasteiger partial charge in [0.25, 0.3) is 0 Å². The number of halogens is 1. The highest BCUT2D eigenvalue weighted by Crippen LogP contribution is 2.28. The van der Waals surface area contributed by atoms with Crippen molar-refractivity contribution in [3.63, 3.8) is 0 Å². The predicted molar refractivity (Wildman–Crippen MR) is 92.7 cm³/mol. The summed E-state index contributed by atoms with van der Waals surface area (Å²) in [6, 6.07) is 0. The standard InChI is InChI=1S/C19H33FN2/c1-3-12-21-19-15-22(14-18(19)10-9-16(2)20)13-11-17-7-5-4-6-8-17/h3,16-17,21H,1,4-15H2,2H3. The van der Waals surface area contributed by atoms with E-state index in [4.69, 9.17) is 0 Å². The van der Waals surface area contributed by atoms with Gasteiger partial charge in [-0.25, -0.2) is 4.39 Å². The van der Waals surface area contributed by atoms with Gasteiger partial charge in [-0.05, 0) is 44.2 Å². The maximum atomic E-state index is 13.1. The van der Waals surface area contributed by atoms with Gasteiger partial charge in [0.05, 0.1) is 6.17 Å². The first kappa shape index (κ1) is 17.5. The molecule has 2 aliphatic rings. The first-order valence-corrected chi connectivity index (χ1v) is 9.11. The van der Waals surface area contributed by atoms with Crippen molar-refractivity contribution in [3.05, 3.63) is 23.9 Å². The normalized spacial score (nSPS) is 22.1. The van der Waals surface area contributed by atoms with Crippen molar-refractivity contribution >= 4 is 0 Å². The molecule has 3 heteroatoms. The van der Waals surface area contributed by atoms with Crippen molar-refractivity contribution in [2.75, 3.05) is 26.2 Å². The number of rotatable bonds is 9. The van der Waals surface area contributed by atoms with Crippen LogP contribution in [-0.4, -0.2) is 37.3 Å². The van der Waals surface area contributed by atoms with Gasteiger partial charge in [-0.1, -0.05) is 38.2 Å². The minimum atomic E-state index is -0.704. The van der Waals surface area contributed by atoms with Gasteiger partial charge in [-0.2, -0.15) is 0 Å². The zero-order valence-electron chi connectivity index (χ0n) is 14.2. The monoisotopic (exact) mass is 308 g/mol. The highest BCUT2D eigenvalue weighted by atomic mass is 19.1. The van der Waals surface area contributed by atoms with Crippen LogP contribution in [0.3, 0.4) is 0 Å². The van der Waals surface area contributed by atoms with Crippen LogP contribution in [0, 0.1) is 5.92 Å². The van der Waals surface area contributed by atoms with Crippen molar-refractivity contribution in [1.29, 1.82) is 0 Å². The van der Waals surface area contributed by atoms with E-state index in [9.17, 15) is 4.39 Å². The molecule has 1 heterocycles. The van der Waals surface area contributed by atoms with Crippen LogP contribution in [0.25, 0.3) is 0 Å². The van der Waals surface area contributed by atoms with Gasteiger partial charge in [-0.3, -0.25) is 4.90 Å². The van der Waals surface area contributed by atoms with Crippen LogP contribution < -0.4 is 5.32 Å². The summed E-state index contributed by atoms with van der Waals surface area (Å²) in [5, 5.41) is 3.47. The second-order valence-electron chi connectivity index (χ2n) is 7.07. The average Bonchev–Trinajstić information content (AvgIpc) is 2.92. The Labute approximate surface area is 135 Å². The Kier molecular flexibility index (Phi) is 7.44. The summed E-state index contributed by atoms with van der Waals surface area (Å²) in [5.41, 5.74) is 2.74. The molecule has 1 unspecified atom stereocenters. The molecular formula is C19H33FN2. The second-order valence-corrected chi connectivity index (χ2v) is 7.07. The molecule has 2 rings (SSSR count). The summed E-state index contributed by atoms with van der Waals surface area (Å²) in [7, 11) is 0. The van der Waals surface area contributed by atoms with Crippen LogP contribution in [0.1, 0.15) is 58.3 Å². The highest BCUT2D eigenvalue weighted by molar-refractivity contribution is 5.22. The molecule has 0 radical (unpaired) electrons. The zero-order valence-corrected chi connectivity index (χ0v) is 14.2. The van der Waals surface area contributed by atoms with E-state index >= 15 is 0 Å². The van der Waals surface area contributed by atoms with Crippen molar-refractivity contribution < 1.29 is 4.39 Å². The first-order valence-electron chi connectivity index (χ1n) is 9.11. The Morgan fingerprint density at radius 1 is 1.32 bits per heavy atom. The van der Waals surface area contributed by atoms with E-state index in [0.717, 1.165) is 32.0 Å². The van der Waals surface area contributed by atoms with E-state index in [0.29, 0.717) is 6.42 Å². The summed E-state index contributed by atoms with van der Waals surface area (Å²) in [6.07, 6.45) is 11.2. The molecule has 1 atom stereocenters. The lowest BCUT2D eigenvalue weighted by molar-refractivity contribution is 0.265. The molecule has 0 spiro atoms. The van der Waals surface area contributed by atoms with E-state index < -0.39 is 6.17 Å². The maximum Gasteiger partial charge on any atom is 0.0976 e. The van der Waals surface area contributed by atoms with Crippen LogP contribution in [0.2, 0.25) is 0 Å². The van der Waals surface area contributed by atoms with Crippen LogP contribution in [0.4, 0.5) is 4.39 Å². The predicted octanol–water partition coefficient (Wildman–Crippen LogP) is 4.44. The lowest BCUT2D eigenvalue weighted by Gasteiger charge is -2.24. The molecule has 0 aromatic heterocycles. The lowest BCUT2D eigenvalue weighted by Crippen LogP contribution is -2.27. The molecule has 0 aromatic rings. The fraction of sp³-hybridized carbons (Fsp3) is 0.789. The Morgan fingerprint density at radius 3 is 2.77 bits per heavy atom. The maximum absolute atomic E-state index is 13.1. The fourth-order valence-electron chi connectivity index (χ4n) is 3.74. The fourth-order valence-corrected chi connectivity index (χ4v) is 3.74. The SMILES string of the molecule is C=CCNC1=C(CCC(C)F)CN(CCC2CCCCC2)C1. The summed E-state index contributed by atoms with van der Waals surface area (Å²) in [4.78, 5) is 2.54. The van der Waals surface area contributed by atoms with Gasteiger partial charge in [0.15, 0.2) is 0 Å². The van der Waals surface area contributed by atoms with Gasteiger partial charge in [0, 0.05) is 25.3 Å². The van der Waals surface area contributed by atoms with Crippen molar-refractivity contribution in [2.45, 2.75) is 64.5 Å². The number of hydrogen-bond donors (Lipinski definition) is 1.